The van der Waals surface area contributed by atoms with Gasteiger partial charge in [-0.2, -0.15) is 0 Å². The average Bonchev–Trinajstić information content (AvgIpc) is 2.31. The molecule has 0 aromatic carbocycles. The number of hydrogen-bond acceptors (Lipinski definition) is 1. The number of unbranched alkanes of at least 4 members (excludes halogenated alkanes) is 7. The van der Waals surface area contributed by atoms with Crippen LogP contribution >= 0.6 is 0 Å². The largest absolute Gasteiger partial charge is 0.420 e. The molecule has 0 spiro atoms. The lowest BCUT2D eigenvalue weighted by atomic mass is 10.1. The lowest BCUT2D eigenvalue weighted by Crippen LogP contribution is -2.16. The molecule has 2 heteroatoms. The second-order valence-corrected chi connectivity index (χ2v) is 7.72. The maximum atomic E-state index is 5.79. The second kappa shape index (κ2) is 13.2. The second-order valence-electron chi connectivity index (χ2n) is 4.75. The zero-order chi connectivity index (χ0) is 12.1. The topological polar surface area (TPSA) is 9.23 Å². The molecule has 0 saturated heterocycles. The van der Waals surface area contributed by atoms with Crippen LogP contribution in [0.1, 0.15) is 72.1 Å². The van der Waals surface area contributed by atoms with Crippen LogP contribution in [0.3, 0.4) is 0 Å². The highest BCUT2D eigenvalue weighted by atomic mass is 28.3. The highest BCUT2D eigenvalue weighted by Gasteiger charge is 2.07. The van der Waals surface area contributed by atoms with Crippen molar-refractivity contribution in [2.75, 3.05) is 6.61 Å². The molecular formula is C14H32OSi. The van der Waals surface area contributed by atoms with Crippen molar-refractivity contribution in [1.82, 2.24) is 0 Å². The van der Waals surface area contributed by atoms with Crippen molar-refractivity contribution in [2.45, 2.75) is 84.2 Å². The molecule has 0 bridgehead atoms. The third-order valence-electron chi connectivity index (χ3n) is 3.24. The molecule has 1 atom stereocenters. The van der Waals surface area contributed by atoms with Gasteiger partial charge in [0.15, 0.2) is 9.04 Å². The maximum Gasteiger partial charge on any atom is 0.176 e. The van der Waals surface area contributed by atoms with E-state index >= 15 is 0 Å². The summed E-state index contributed by atoms with van der Waals surface area (Å²) in [6, 6.07) is 2.71. The predicted octanol–water partition coefficient (Wildman–Crippen LogP) is 4.91. The summed E-state index contributed by atoms with van der Waals surface area (Å²) in [4.78, 5) is 0. The lowest BCUT2D eigenvalue weighted by molar-refractivity contribution is 0.340. The van der Waals surface area contributed by atoms with Gasteiger partial charge in [-0.05, 0) is 19.0 Å². The van der Waals surface area contributed by atoms with E-state index in [0.29, 0.717) is 0 Å². The number of hydrogen-bond donors (Lipinski definition) is 0. The summed E-state index contributed by atoms with van der Waals surface area (Å²) < 4.78 is 5.79. The Labute approximate surface area is 105 Å². The van der Waals surface area contributed by atoms with Gasteiger partial charge in [0, 0.05) is 6.61 Å². The molecule has 16 heavy (non-hydrogen) atoms. The van der Waals surface area contributed by atoms with Gasteiger partial charge < -0.3 is 4.43 Å². The Balaban J connectivity index is 3.12. The molecule has 1 unspecified atom stereocenters. The van der Waals surface area contributed by atoms with Gasteiger partial charge in [0.2, 0.25) is 0 Å². The molecule has 0 radical (unpaired) electrons. The van der Waals surface area contributed by atoms with Gasteiger partial charge in [0.25, 0.3) is 0 Å². The summed E-state index contributed by atoms with van der Waals surface area (Å²) in [5, 5.41) is 0. The molecule has 0 aromatic heterocycles. The van der Waals surface area contributed by atoms with E-state index in [1.54, 1.807) is 0 Å². The van der Waals surface area contributed by atoms with Crippen LogP contribution < -0.4 is 0 Å². The van der Waals surface area contributed by atoms with Gasteiger partial charge in [-0.15, -0.1) is 0 Å². The van der Waals surface area contributed by atoms with E-state index in [4.69, 9.17) is 4.43 Å². The first-order chi connectivity index (χ1) is 7.85. The van der Waals surface area contributed by atoms with Crippen LogP contribution in [0.5, 0.6) is 0 Å². The summed E-state index contributed by atoms with van der Waals surface area (Å²) in [5.74, 6) is 0. The fourth-order valence-corrected chi connectivity index (χ4v) is 4.17. The Kier molecular flexibility index (Phi) is 13.4. The Hall–Kier alpha value is 0.177. The van der Waals surface area contributed by atoms with E-state index in [0.717, 1.165) is 6.61 Å². The van der Waals surface area contributed by atoms with E-state index in [1.165, 1.54) is 63.5 Å². The molecule has 0 heterocycles. The van der Waals surface area contributed by atoms with Gasteiger partial charge in [-0.25, -0.2) is 0 Å². The van der Waals surface area contributed by atoms with Crippen molar-refractivity contribution < 1.29 is 4.43 Å². The quantitative estimate of drug-likeness (QED) is 0.350. The summed E-state index contributed by atoms with van der Waals surface area (Å²) in [6.07, 6.45) is 11.4. The molecule has 0 fully saturated rings. The summed E-state index contributed by atoms with van der Waals surface area (Å²) in [5.41, 5.74) is 0. The Morgan fingerprint density at radius 3 is 1.81 bits per heavy atom. The fraction of sp³-hybridized carbons (Fsp3) is 1.00. The SMILES string of the molecule is CCCCCCCCCC[SiH](CC)OCC. The molecule has 0 amide bonds. The highest BCUT2D eigenvalue weighted by Crippen LogP contribution is 2.12. The number of rotatable bonds is 12. The minimum atomic E-state index is -0.783. The van der Waals surface area contributed by atoms with E-state index in [9.17, 15) is 0 Å². The zero-order valence-electron chi connectivity index (χ0n) is 11.8. The van der Waals surface area contributed by atoms with Crippen LogP contribution in [0.25, 0.3) is 0 Å². The monoisotopic (exact) mass is 244 g/mol. The van der Waals surface area contributed by atoms with Gasteiger partial charge in [0.05, 0.1) is 0 Å². The first-order valence-corrected chi connectivity index (χ1v) is 9.57. The maximum absolute atomic E-state index is 5.79. The Bertz CT molecular complexity index is 128. The van der Waals surface area contributed by atoms with Crippen molar-refractivity contribution >= 4 is 9.04 Å². The normalized spacial score (nSPS) is 12.9. The molecular weight excluding hydrogens is 212 g/mol. The summed E-state index contributed by atoms with van der Waals surface area (Å²) in [7, 11) is -0.783. The van der Waals surface area contributed by atoms with Crippen LogP contribution in [0.15, 0.2) is 0 Å². The van der Waals surface area contributed by atoms with Crippen LogP contribution in [-0.2, 0) is 4.43 Å². The minimum absolute atomic E-state index is 0.783. The zero-order valence-corrected chi connectivity index (χ0v) is 12.9. The molecule has 0 rings (SSSR count). The van der Waals surface area contributed by atoms with E-state index < -0.39 is 9.04 Å². The van der Waals surface area contributed by atoms with Crippen molar-refractivity contribution in [1.29, 1.82) is 0 Å². The summed E-state index contributed by atoms with van der Waals surface area (Å²) in [6.45, 7) is 7.63. The molecule has 98 valence electrons. The van der Waals surface area contributed by atoms with E-state index in [2.05, 4.69) is 20.8 Å². The molecule has 0 aliphatic carbocycles. The van der Waals surface area contributed by atoms with Crippen molar-refractivity contribution in [3.05, 3.63) is 0 Å². The molecule has 0 N–H and O–H groups in total. The Morgan fingerprint density at radius 1 is 0.750 bits per heavy atom. The smallest absolute Gasteiger partial charge is 0.176 e. The minimum Gasteiger partial charge on any atom is -0.420 e. The molecule has 0 aliphatic rings. The van der Waals surface area contributed by atoms with Crippen molar-refractivity contribution in [3.8, 4) is 0 Å². The third-order valence-corrected chi connectivity index (χ3v) is 6.00. The van der Waals surface area contributed by atoms with Crippen LogP contribution in [0.2, 0.25) is 12.1 Å². The van der Waals surface area contributed by atoms with Crippen molar-refractivity contribution in [2.24, 2.45) is 0 Å². The first-order valence-electron chi connectivity index (χ1n) is 7.46. The molecule has 0 saturated carbocycles. The average molecular weight is 244 g/mol. The molecule has 0 aromatic rings. The predicted molar refractivity (Wildman–Crippen MR) is 76.7 cm³/mol. The van der Waals surface area contributed by atoms with Gasteiger partial charge in [-0.3, -0.25) is 0 Å². The molecule has 0 aliphatic heterocycles. The van der Waals surface area contributed by atoms with Crippen LogP contribution in [-0.4, -0.2) is 15.6 Å². The van der Waals surface area contributed by atoms with E-state index in [1.807, 2.05) is 0 Å². The van der Waals surface area contributed by atoms with Crippen LogP contribution in [0, 0.1) is 0 Å². The van der Waals surface area contributed by atoms with Crippen LogP contribution in [0.4, 0.5) is 0 Å². The van der Waals surface area contributed by atoms with Gasteiger partial charge >= 0.3 is 0 Å². The lowest BCUT2D eigenvalue weighted by Gasteiger charge is -2.12. The molecule has 1 nitrogen and oxygen atoms in total. The Morgan fingerprint density at radius 2 is 1.31 bits per heavy atom. The fourth-order valence-electron chi connectivity index (χ4n) is 2.15. The van der Waals surface area contributed by atoms with Crippen molar-refractivity contribution in [3.63, 3.8) is 0 Å². The van der Waals surface area contributed by atoms with Gasteiger partial charge in [0.1, 0.15) is 0 Å². The first kappa shape index (κ1) is 16.2. The standard InChI is InChI=1S/C14H32OSi/c1-4-7-8-9-10-11-12-13-14-16(6-3)15-5-2/h16H,4-14H2,1-3H3. The highest BCUT2D eigenvalue weighted by molar-refractivity contribution is 6.51. The van der Waals surface area contributed by atoms with Gasteiger partial charge in [-0.1, -0.05) is 65.2 Å². The van der Waals surface area contributed by atoms with E-state index in [-0.39, 0.29) is 0 Å². The third kappa shape index (κ3) is 10.7. The summed E-state index contributed by atoms with van der Waals surface area (Å²) >= 11 is 0.